The summed E-state index contributed by atoms with van der Waals surface area (Å²) in [6.07, 6.45) is 4.88. The smallest absolute Gasteiger partial charge is 0.269 e. The molecule has 2 aliphatic heterocycles. The van der Waals surface area contributed by atoms with Crippen molar-refractivity contribution >= 4 is 29.6 Å². The summed E-state index contributed by atoms with van der Waals surface area (Å²) in [4.78, 5) is 35.0. The molecule has 10 heteroatoms. The zero-order chi connectivity index (χ0) is 25.5. The fraction of sp³-hybridized carbons (Fsp3) is 0.519. The van der Waals surface area contributed by atoms with E-state index >= 15 is 0 Å². The molecular formula is C27H35ClN4O5. The molecule has 200 valence electrons. The summed E-state index contributed by atoms with van der Waals surface area (Å²) >= 11 is 0. The average molecular weight is 531 g/mol. The van der Waals surface area contributed by atoms with Crippen LogP contribution in [0.1, 0.15) is 61.5 Å². The van der Waals surface area contributed by atoms with Crippen molar-refractivity contribution in [1.29, 1.82) is 0 Å². The van der Waals surface area contributed by atoms with Gasteiger partial charge in [0.25, 0.3) is 11.4 Å². The lowest BCUT2D eigenvalue weighted by atomic mass is 9.75. The van der Waals surface area contributed by atoms with E-state index in [-0.39, 0.29) is 41.4 Å². The number of nitrogens with zero attached hydrogens (tertiary/aromatic N) is 2. The van der Waals surface area contributed by atoms with Gasteiger partial charge in [0.1, 0.15) is 5.78 Å². The number of hydrogen-bond donors (Lipinski definition) is 2. The number of halogens is 1. The first-order chi connectivity index (χ1) is 17.4. The Balaban J connectivity index is 0.00000380. The maximum atomic E-state index is 13.6. The number of Topliss-reactive ketones (excluding diaryl/α,β-unsaturated/α-hetero) is 1. The predicted octanol–water partition coefficient (Wildman–Crippen LogP) is 5.14. The molecule has 2 aromatic rings. The number of benzene rings is 2. The van der Waals surface area contributed by atoms with Crippen LogP contribution in [0.4, 0.5) is 11.4 Å². The van der Waals surface area contributed by atoms with Gasteiger partial charge >= 0.3 is 0 Å². The van der Waals surface area contributed by atoms with Crippen LogP contribution in [-0.2, 0) is 4.79 Å². The second-order valence-electron chi connectivity index (χ2n) is 10.1. The molecule has 2 N–H and O–H groups in total. The Labute approximate surface area is 223 Å². The number of carbonyl (C=O) groups excluding carboxylic acids is 1. The molecule has 0 aliphatic carbocycles. The molecule has 0 saturated carbocycles. The third kappa shape index (κ3) is 7.56. The number of carbonyl (C=O) groups is 1. The highest BCUT2D eigenvalue weighted by molar-refractivity contribution is 5.85. The molecule has 0 radical (unpaired) electrons. The second-order valence-corrected chi connectivity index (χ2v) is 10.1. The minimum atomic E-state index is -0.404. The van der Waals surface area contributed by atoms with Crippen molar-refractivity contribution in [2.75, 3.05) is 26.2 Å². The minimum absolute atomic E-state index is 0. The van der Waals surface area contributed by atoms with E-state index in [9.17, 15) is 25.0 Å². The van der Waals surface area contributed by atoms with Crippen molar-refractivity contribution in [2.45, 2.75) is 50.4 Å². The van der Waals surface area contributed by atoms with Crippen molar-refractivity contribution in [3.8, 4) is 0 Å². The van der Waals surface area contributed by atoms with E-state index in [1.54, 1.807) is 24.3 Å². The molecule has 2 saturated heterocycles. The largest absolute Gasteiger partial charge is 0.316 e. The number of piperidine rings is 2. The van der Waals surface area contributed by atoms with Gasteiger partial charge in [-0.1, -0.05) is 24.3 Å². The Morgan fingerprint density at radius 3 is 1.43 bits per heavy atom. The first-order valence-corrected chi connectivity index (χ1v) is 12.8. The highest BCUT2D eigenvalue weighted by Gasteiger charge is 2.31. The third-order valence-corrected chi connectivity index (χ3v) is 7.77. The second kappa shape index (κ2) is 13.6. The van der Waals surface area contributed by atoms with Gasteiger partial charge in [0.15, 0.2) is 0 Å². The Bertz CT molecular complexity index is 968. The molecule has 0 aromatic heterocycles. The van der Waals surface area contributed by atoms with Gasteiger partial charge in [-0.25, -0.2) is 0 Å². The summed E-state index contributed by atoms with van der Waals surface area (Å²) in [6, 6.07) is 13.3. The van der Waals surface area contributed by atoms with Crippen molar-refractivity contribution in [3.63, 3.8) is 0 Å². The van der Waals surface area contributed by atoms with E-state index in [1.807, 2.05) is 0 Å². The van der Waals surface area contributed by atoms with E-state index in [0.29, 0.717) is 24.7 Å². The number of rotatable bonds is 10. The maximum Gasteiger partial charge on any atom is 0.269 e. The van der Waals surface area contributed by atoms with Gasteiger partial charge in [-0.3, -0.25) is 25.0 Å². The number of hydrogen-bond acceptors (Lipinski definition) is 7. The predicted molar refractivity (Wildman–Crippen MR) is 144 cm³/mol. The summed E-state index contributed by atoms with van der Waals surface area (Å²) in [5.41, 5.74) is 2.03. The van der Waals surface area contributed by atoms with Crippen molar-refractivity contribution in [2.24, 2.45) is 11.8 Å². The van der Waals surface area contributed by atoms with Gasteiger partial charge in [-0.05, 0) is 86.7 Å². The Morgan fingerprint density at radius 2 is 1.14 bits per heavy atom. The van der Waals surface area contributed by atoms with E-state index in [1.165, 1.54) is 24.3 Å². The van der Waals surface area contributed by atoms with Crippen molar-refractivity contribution < 1.29 is 14.6 Å². The van der Waals surface area contributed by atoms with Crippen LogP contribution in [0.2, 0.25) is 0 Å². The first-order valence-electron chi connectivity index (χ1n) is 12.8. The van der Waals surface area contributed by atoms with Crippen molar-refractivity contribution in [3.05, 3.63) is 79.9 Å². The number of nitro benzene ring substituents is 2. The highest BCUT2D eigenvalue weighted by atomic mass is 35.5. The van der Waals surface area contributed by atoms with Gasteiger partial charge in [-0.2, -0.15) is 0 Å². The molecule has 0 spiro atoms. The van der Waals surface area contributed by atoms with Gasteiger partial charge in [-0.15, -0.1) is 12.4 Å². The van der Waals surface area contributed by atoms with Crippen LogP contribution in [0, 0.1) is 32.1 Å². The zero-order valence-electron chi connectivity index (χ0n) is 20.8. The normalized spacial score (nSPS) is 21.3. The molecule has 0 bridgehead atoms. The highest BCUT2D eigenvalue weighted by Crippen LogP contribution is 2.38. The van der Waals surface area contributed by atoms with Crippen LogP contribution in [0.3, 0.4) is 0 Å². The minimum Gasteiger partial charge on any atom is -0.316 e. The number of non-ortho nitro benzene ring substituents is 2. The topological polar surface area (TPSA) is 127 Å². The molecule has 4 rings (SSSR count). The Kier molecular flexibility index (Phi) is 10.5. The van der Waals surface area contributed by atoms with Gasteiger partial charge < -0.3 is 10.6 Å². The molecule has 37 heavy (non-hydrogen) atoms. The monoisotopic (exact) mass is 530 g/mol. The molecule has 4 atom stereocenters. The fourth-order valence-corrected chi connectivity index (χ4v) is 5.82. The summed E-state index contributed by atoms with van der Waals surface area (Å²) in [7, 11) is 0. The van der Waals surface area contributed by atoms with Gasteiger partial charge in [0, 0.05) is 37.1 Å². The number of nitrogens with one attached hydrogen (secondary N) is 2. The van der Waals surface area contributed by atoms with Crippen LogP contribution < -0.4 is 10.6 Å². The Morgan fingerprint density at radius 1 is 0.757 bits per heavy atom. The fourth-order valence-electron chi connectivity index (χ4n) is 5.82. The molecule has 9 nitrogen and oxygen atoms in total. The molecule has 2 aliphatic rings. The van der Waals surface area contributed by atoms with E-state index in [4.69, 9.17) is 0 Å². The first kappa shape index (κ1) is 28.7. The Hall–Kier alpha value is -2.88. The van der Waals surface area contributed by atoms with Crippen LogP contribution in [0.5, 0.6) is 0 Å². The molecule has 4 unspecified atom stereocenters. The zero-order valence-corrected chi connectivity index (χ0v) is 21.7. The lowest BCUT2D eigenvalue weighted by Crippen LogP contribution is -2.35. The summed E-state index contributed by atoms with van der Waals surface area (Å²) in [5.74, 6) is 0.732. The molecular weight excluding hydrogens is 496 g/mol. The summed E-state index contributed by atoms with van der Waals surface area (Å²) in [5, 5.41) is 29.1. The van der Waals surface area contributed by atoms with E-state index in [0.717, 1.165) is 63.0 Å². The van der Waals surface area contributed by atoms with Crippen LogP contribution in [-0.4, -0.2) is 41.8 Å². The molecule has 0 amide bonds. The number of nitro groups is 2. The number of ketones is 1. The lowest BCUT2D eigenvalue weighted by molar-refractivity contribution is -0.385. The standard InChI is InChI=1S/C27H34N4O5.ClH/c32-25(15-26(21-3-1-13-28-17-21)19-5-9-23(10-6-19)30(33)34)16-27(22-4-2-14-29-18-22)20-7-11-24(12-8-20)31(35)36;/h5-12,21-22,26-29H,1-4,13-18H2;1H. The van der Waals surface area contributed by atoms with Crippen LogP contribution in [0.15, 0.2) is 48.5 Å². The summed E-state index contributed by atoms with van der Waals surface area (Å²) in [6.45, 7) is 3.59. The molecule has 2 heterocycles. The van der Waals surface area contributed by atoms with Gasteiger partial charge in [0.2, 0.25) is 0 Å². The quantitative estimate of drug-likeness (QED) is 0.321. The van der Waals surface area contributed by atoms with Crippen molar-refractivity contribution in [1.82, 2.24) is 10.6 Å². The average Bonchev–Trinajstić information content (AvgIpc) is 2.91. The van der Waals surface area contributed by atoms with Gasteiger partial charge in [0.05, 0.1) is 9.85 Å². The third-order valence-electron chi connectivity index (χ3n) is 7.77. The lowest BCUT2D eigenvalue weighted by Gasteiger charge is -2.33. The van der Waals surface area contributed by atoms with Crippen LogP contribution >= 0.6 is 12.4 Å². The summed E-state index contributed by atoms with van der Waals surface area (Å²) < 4.78 is 0. The van der Waals surface area contributed by atoms with E-state index in [2.05, 4.69) is 10.6 Å². The van der Waals surface area contributed by atoms with Crippen LogP contribution in [0.25, 0.3) is 0 Å². The SMILES string of the molecule is Cl.O=C(CC(c1ccc([N+](=O)[O-])cc1)C1CCCNC1)CC(c1ccc([N+](=O)[O-])cc1)C1CCCNC1. The molecule has 2 aromatic carbocycles. The molecule has 2 fully saturated rings. The maximum absolute atomic E-state index is 13.6. The van der Waals surface area contributed by atoms with E-state index < -0.39 is 9.85 Å².